The van der Waals surface area contributed by atoms with Crippen LogP contribution in [0.1, 0.15) is 24.2 Å². The molecule has 1 aromatic rings. The van der Waals surface area contributed by atoms with Gasteiger partial charge in [0.25, 0.3) is 5.56 Å². The number of aromatic carboxylic acids is 1. The van der Waals surface area contributed by atoms with Crippen LogP contribution in [0.15, 0.2) is 23.1 Å². The van der Waals surface area contributed by atoms with Crippen molar-refractivity contribution in [1.82, 2.24) is 9.47 Å². The minimum atomic E-state index is -1.20. The van der Waals surface area contributed by atoms with Gasteiger partial charge in [0, 0.05) is 25.3 Å². The molecule has 0 radical (unpaired) electrons. The van der Waals surface area contributed by atoms with Crippen LogP contribution in [0.5, 0.6) is 0 Å². The number of carbonyl (C=O) groups is 1. The molecule has 2 rings (SSSR count). The Morgan fingerprint density at radius 2 is 2.30 bits per heavy atom. The van der Waals surface area contributed by atoms with Crippen LogP contribution in [0.3, 0.4) is 0 Å². The number of ether oxygens (including phenoxy) is 1. The zero-order valence-electron chi connectivity index (χ0n) is 11.8. The van der Waals surface area contributed by atoms with Crippen LogP contribution in [-0.2, 0) is 11.3 Å². The summed E-state index contributed by atoms with van der Waals surface area (Å²) in [6, 6.07) is 3.33. The summed E-state index contributed by atoms with van der Waals surface area (Å²) in [5.41, 5.74) is -0.686. The molecular formula is C14H20N2O4. The van der Waals surface area contributed by atoms with Crippen LogP contribution in [0.25, 0.3) is 0 Å². The molecule has 1 aliphatic heterocycles. The van der Waals surface area contributed by atoms with E-state index in [1.807, 2.05) is 0 Å². The third-order valence-corrected chi connectivity index (χ3v) is 3.55. The average molecular weight is 280 g/mol. The van der Waals surface area contributed by atoms with E-state index in [-0.39, 0.29) is 11.7 Å². The molecule has 110 valence electrons. The second kappa shape index (κ2) is 6.19. The van der Waals surface area contributed by atoms with Crippen LogP contribution in [-0.4, -0.2) is 52.4 Å². The van der Waals surface area contributed by atoms with E-state index < -0.39 is 11.5 Å². The SMILES string of the molecule is CC(C)N1CCOC(Cn2cccc(C(=O)O)c2=O)C1. The molecule has 6 nitrogen and oxygen atoms in total. The molecule has 1 saturated heterocycles. The molecule has 20 heavy (non-hydrogen) atoms. The topological polar surface area (TPSA) is 71.8 Å². The Morgan fingerprint density at radius 3 is 2.95 bits per heavy atom. The molecule has 1 N–H and O–H groups in total. The van der Waals surface area contributed by atoms with E-state index in [1.165, 1.54) is 10.6 Å². The number of carboxylic acid groups (broad SMARTS) is 1. The van der Waals surface area contributed by atoms with Gasteiger partial charge >= 0.3 is 5.97 Å². The van der Waals surface area contributed by atoms with E-state index in [4.69, 9.17) is 9.84 Å². The van der Waals surface area contributed by atoms with Crippen LogP contribution in [0.4, 0.5) is 0 Å². The molecule has 1 fully saturated rings. The normalized spacial score (nSPS) is 20.2. The van der Waals surface area contributed by atoms with Crippen molar-refractivity contribution in [2.75, 3.05) is 19.7 Å². The summed E-state index contributed by atoms with van der Waals surface area (Å²) in [6.45, 7) is 6.90. The van der Waals surface area contributed by atoms with Gasteiger partial charge in [-0.3, -0.25) is 9.69 Å². The molecule has 0 aromatic carbocycles. The average Bonchev–Trinajstić information content (AvgIpc) is 2.41. The minimum Gasteiger partial charge on any atom is -0.477 e. The lowest BCUT2D eigenvalue weighted by Crippen LogP contribution is -2.48. The molecule has 0 bridgehead atoms. The van der Waals surface area contributed by atoms with Gasteiger partial charge < -0.3 is 14.4 Å². The molecule has 0 aliphatic carbocycles. The van der Waals surface area contributed by atoms with Crippen molar-refractivity contribution in [3.8, 4) is 0 Å². The minimum absolute atomic E-state index is 0.0899. The molecule has 2 heterocycles. The van der Waals surface area contributed by atoms with Gasteiger partial charge in [-0.2, -0.15) is 0 Å². The number of hydrogen-bond donors (Lipinski definition) is 1. The maximum atomic E-state index is 12.0. The highest BCUT2D eigenvalue weighted by atomic mass is 16.5. The highest BCUT2D eigenvalue weighted by Gasteiger charge is 2.23. The Balaban J connectivity index is 2.12. The van der Waals surface area contributed by atoms with Gasteiger partial charge in [0.05, 0.1) is 19.3 Å². The molecule has 1 unspecified atom stereocenters. The lowest BCUT2D eigenvalue weighted by atomic mass is 10.2. The molecule has 0 spiro atoms. The number of nitrogens with zero attached hydrogens (tertiary/aromatic N) is 2. The second-order valence-corrected chi connectivity index (χ2v) is 5.27. The summed E-state index contributed by atoms with van der Waals surface area (Å²) in [5, 5.41) is 8.96. The largest absolute Gasteiger partial charge is 0.477 e. The molecule has 0 amide bonds. The maximum absolute atomic E-state index is 12.0. The molecule has 1 aromatic heterocycles. The summed E-state index contributed by atoms with van der Waals surface area (Å²) in [6.07, 6.45) is 1.51. The van der Waals surface area contributed by atoms with Crippen molar-refractivity contribution in [3.63, 3.8) is 0 Å². The van der Waals surface area contributed by atoms with Crippen LogP contribution >= 0.6 is 0 Å². The number of rotatable bonds is 4. The van der Waals surface area contributed by atoms with E-state index in [1.54, 1.807) is 12.3 Å². The third kappa shape index (κ3) is 3.26. The predicted molar refractivity (Wildman–Crippen MR) is 74.1 cm³/mol. The standard InChI is InChI=1S/C14H20N2O4/c1-10(2)15-6-7-20-11(8-15)9-16-5-3-4-12(13(16)17)14(18)19/h3-5,10-11H,6-9H2,1-2H3,(H,18,19). The Bertz CT molecular complexity index is 538. The van der Waals surface area contributed by atoms with Gasteiger partial charge in [-0.05, 0) is 26.0 Å². The van der Waals surface area contributed by atoms with Gasteiger partial charge in [0.1, 0.15) is 5.56 Å². The first-order chi connectivity index (χ1) is 9.49. The lowest BCUT2D eigenvalue weighted by molar-refractivity contribution is -0.0460. The maximum Gasteiger partial charge on any atom is 0.341 e. The van der Waals surface area contributed by atoms with Crippen molar-refractivity contribution < 1.29 is 14.6 Å². The van der Waals surface area contributed by atoms with E-state index in [0.717, 1.165) is 13.1 Å². The quantitative estimate of drug-likeness (QED) is 0.877. The first-order valence-corrected chi connectivity index (χ1v) is 6.77. The van der Waals surface area contributed by atoms with Gasteiger partial charge in [-0.1, -0.05) is 0 Å². The third-order valence-electron chi connectivity index (χ3n) is 3.55. The molecule has 1 atom stereocenters. The fourth-order valence-electron chi connectivity index (χ4n) is 2.38. The number of carboxylic acids is 1. The van der Waals surface area contributed by atoms with Gasteiger partial charge in [-0.25, -0.2) is 4.79 Å². The van der Waals surface area contributed by atoms with Crippen LogP contribution in [0, 0.1) is 0 Å². The Kier molecular flexibility index (Phi) is 4.57. The highest BCUT2D eigenvalue weighted by Crippen LogP contribution is 2.10. The van der Waals surface area contributed by atoms with Gasteiger partial charge in [0.15, 0.2) is 0 Å². The summed E-state index contributed by atoms with van der Waals surface area (Å²) >= 11 is 0. The van der Waals surface area contributed by atoms with Crippen LogP contribution in [0.2, 0.25) is 0 Å². The fraction of sp³-hybridized carbons (Fsp3) is 0.571. The molecular weight excluding hydrogens is 260 g/mol. The number of aromatic nitrogens is 1. The number of hydrogen-bond acceptors (Lipinski definition) is 4. The van der Waals surface area contributed by atoms with Crippen molar-refractivity contribution in [2.45, 2.75) is 32.5 Å². The molecule has 1 aliphatic rings. The summed E-state index contributed by atoms with van der Waals surface area (Å²) in [5.74, 6) is -1.20. The van der Waals surface area contributed by atoms with E-state index >= 15 is 0 Å². The highest BCUT2D eigenvalue weighted by molar-refractivity contribution is 5.86. The van der Waals surface area contributed by atoms with E-state index in [2.05, 4.69) is 18.7 Å². The monoisotopic (exact) mass is 280 g/mol. The zero-order valence-corrected chi connectivity index (χ0v) is 11.8. The first kappa shape index (κ1) is 14.7. The van der Waals surface area contributed by atoms with E-state index in [9.17, 15) is 9.59 Å². The van der Waals surface area contributed by atoms with Gasteiger partial charge in [0.2, 0.25) is 0 Å². The Labute approximate surface area is 117 Å². The Hall–Kier alpha value is -1.66. The fourth-order valence-corrected chi connectivity index (χ4v) is 2.38. The summed E-state index contributed by atoms with van der Waals surface area (Å²) in [4.78, 5) is 25.3. The molecule has 0 saturated carbocycles. The zero-order chi connectivity index (χ0) is 14.7. The van der Waals surface area contributed by atoms with Crippen molar-refractivity contribution >= 4 is 5.97 Å². The summed E-state index contributed by atoms with van der Waals surface area (Å²) < 4.78 is 7.08. The smallest absolute Gasteiger partial charge is 0.341 e. The second-order valence-electron chi connectivity index (χ2n) is 5.27. The summed E-state index contributed by atoms with van der Waals surface area (Å²) in [7, 11) is 0. The number of morpholine rings is 1. The van der Waals surface area contributed by atoms with Crippen LogP contribution < -0.4 is 5.56 Å². The van der Waals surface area contributed by atoms with Crippen molar-refractivity contribution in [1.29, 1.82) is 0 Å². The first-order valence-electron chi connectivity index (χ1n) is 6.77. The van der Waals surface area contributed by atoms with Crippen molar-refractivity contribution in [3.05, 3.63) is 34.2 Å². The number of pyridine rings is 1. The Morgan fingerprint density at radius 1 is 1.55 bits per heavy atom. The predicted octanol–water partition coefficient (Wildman–Crippen LogP) is 0.656. The lowest BCUT2D eigenvalue weighted by Gasteiger charge is -2.35. The van der Waals surface area contributed by atoms with E-state index in [0.29, 0.717) is 19.2 Å². The van der Waals surface area contributed by atoms with Crippen molar-refractivity contribution in [2.24, 2.45) is 0 Å². The van der Waals surface area contributed by atoms with Gasteiger partial charge in [-0.15, -0.1) is 0 Å². The molecule has 6 heteroatoms.